The number of carbonyl (C=O) groups is 1. The highest BCUT2D eigenvalue weighted by Gasteiger charge is 2.43. The fraction of sp³-hybridized carbons (Fsp3) is 0.345. The molecule has 7 nitrogen and oxygen atoms in total. The minimum absolute atomic E-state index is 0.0777. The Kier molecular flexibility index (Phi) is 6.65. The van der Waals surface area contributed by atoms with Gasteiger partial charge in [-0.25, -0.2) is 8.78 Å². The van der Waals surface area contributed by atoms with Crippen molar-refractivity contribution in [3.05, 3.63) is 77.2 Å². The van der Waals surface area contributed by atoms with Crippen molar-refractivity contribution in [2.75, 3.05) is 19.6 Å². The van der Waals surface area contributed by atoms with Crippen molar-refractivity contribution >= 4 is 32.5 Å². The fourth-order valence-corrected chi connectivity index (χ4v) is 5.49. The molecule has 0 saturated carbocycles. The van der Waals surface area contributed by atoms with Gasteiger partial charge in [0.25, 0.3) is 5.91 Å². The molecular formula is C29H27B2F2N5O2. The molecule has 6 rings (SSSR count). The smallest absolute Gasteiger partial charge is 0.255 e. The zero-order valence-electron chi connectivity index (χ0n) is 22.4. The number of carbonyl (C=O) groups excluding carboxylic acids is 1. The van der Waals surface area contributed by atoms with E-state index < -0.39 is 29.4 Å². The lowest BCUT2D eigenvalue weighted by Crippen LogP contribution is -2.53. The fourth-order valence-electron chi connectivity index (χ4n) is 5.49. The monoisotopic (exact) mass is 537 g/mol. The van der Waals surface area contributed by atoms with Crippen molar-refractivity contribution in [3.8, 4) is 16.9 Å². The molecule has 200 valence electrons. The van der Waals surface area contributed by atoms with Crippen LogP contribution in [0.2, 0.25) is 0 Å². The molecule has 1 amide bonds. The molecule has 2 aromatic heterocycles. The van der Waals surface area contributed by atoms with E-state index in [9.17, 15) is 4.79 Å². The van der Waals surface area contributed by atoms with E-state index in [1.807, 2.05) is 0 Å². The predicted molar refractivity (Wildman–Crippen MR) is 149 cm³/mol. The lowest BCUT2D eigenvalue weighted by atomic mass is 9.59. The Bertz CT molecular complexity index is 1600. The van der Waals surface area contributed by atoms with E-state index in [1.165, 1.54) is 24.4 Å². The van der Waals surface area contributed by atoms with Crippen LogP contribution in [-0.2, 0) is 18.9 Å². The molecule has 0 unspecified atom stereocenters. The van der Waals surface area contributed by atoms with Crippen LogP contribution in [-0.4, -0.2) is 71.9 Å². The normalized spacial score (nSPS) is 16.9. The van der Waals surface area contributed by atoms with Gasteiger partial charge in [-0.3, -0.25) is 19.4 Å². The number of fused-ring (bicyclic) bond motifs is 2. The van der Waals surface area contributed by atoms with E-state index in [0.29, 0.717) is 27.8 Å². The molecule has 2 aliphatic rings. The molecule has 0 N–H and O–H groups in total. The van der Waals surface area contributed by atoms with Crippen molar-refractivity contribution in [2.24, 2.45) is 7.05 Å². The van der Waals surface area contributed by atoms with Crippen molar-refractivity contribution in [2.45, 2.75) is 37.8 Å². The summed E-state index contributed by atoms with van der Waals surface area (Å²) in [4.78, 5) is 20.4. The van der Waals surface area contributed by atoms with Gasteiger partial charge in [0.2, 0.25) is 0 Å². The Hall–Kier alpha value is -3.72. The SMILES string of the molecule is [B]C1([B])c2ncccc2C(=O)N1Cc1c(F)cc(-c2ccc(OC3CN(CCCC)C3)c3nn(C)cc23)cc1F. The van der Waals surface area contributed by atoms with Gasteiger partial charge in [-0.1, -0.05) is 13.3 Å². The van der Waals surface area contributed by atoms with Gasteiger partial charge in [0, 0.05) is 48.8 Å². The first-order chi connectivity index (χ1) is 19.2. The summed E-state index contributed by atoms with van der Waals surface area (Å²) in [7, 11) is 14.2. The number of likely N-dealkylation sites (tertiary alicyclic amines) is 1. The van der Waals surface area contributed by atoms with E-state index in [2.05, 4.69) is 21.9 Å². The number of amides is 1. The summed E-state index contributed by atoms with van der Waals surface area (Å²) in [5, 5.41) is 3.49. The number of unbranched alkanes of at least 4 members (excludes halogenated alkanes) is 1. The van der Waals surface area contributed by atoms with Gasteiger partial charge in [0.05, 0.1) is 33.5 Å². The number of rotatable bonds is 8. The van der Waals surface area contributed by atoms with Gasteiger partial charge >= 0.3 is 0 Å². The summed E-state index contributed by atoms with van der Waals surface area (Å²) >= 11 is 0. The van der Waals surface area contributed by atoms with Gasteiger partial charge in [0.1, 0.15) is 29.0 Å². The number of ether oxygens (including phenoxy) is 1. The summed E-state index contributed by atoms with van der Waals surface area (Å²) < 4.78 is 38.8. The largest absolute Gasteiger partial charge is 0.485 e. The third kappa shape index (κ3) is 4.46. The number of hydrogen-bond donors (Lipinski definition) is 0. The van der Waals surface area contributed by atoms with Crippen LogP contribution < -0.4 is 4.74 Å². The summed E-state index contributed by atoms with van der Waals surface area (Å²) in [6.45, 7) is 4.51. The highest BCUT2D eigenvalue weighted by Crippen LogP contribution is 2.38. The maximum absolute atomic E-state index is 15.5. The van der Waals surface area contributed by atoms with E-state index in [4.69, 9.17) is 20.4 Å². The zero-order valence-corrected chi connectivity index (χ0v) is 22.4. The second-order valence-electron chi connectivity index (χ2n) is 10.6. The predicted octanol–water partition coefficient (Wildman–Crippen LogP) is 3.88. The average Bonchev–Trinajstić information content (AvgIpc) is 3.38. The first kappa shape index (κ1) is 26.5. The third-order valence-corrected chi connectivity index (χ3v) is 7.68. The number of hydrogen-bond acceptors (Lipinski definition) is 5. The van der Waals surface area contributed by atoms with Crippen molar-refractivity contribution in [3.63, 3.8) is 0 Å². The molecule has 40 heavy (non-hydrogen) atoms. The molecule has 0 aliphatic carbocycles. The Morgan fingerprint density at radius 3 is 2.58 bits per heavy atom. The van der Waals surface area contributed by atoms with Crippen molar-refractivity contribution < 1.29 is 18.3 Å². The molecule has 1 fully saturated rings. The first-order valence-electron chi connectivity index (χ1n) is 13.4. The highest BCUT2D eigenvalue weighted by atomic mass is 19.1. The molecule has 4 radical (unpaired) electrons. The summed E-state index contributed by atoms with van der Waals surface area (Å²) in [5.41, 5.74) is 1.63. The Labute approximate surface area is 233 Å². The molecular weight excluding hydrogens is 510 g/mol. The average molecular weight is 537 g/mol. The van der Waals surface area contributed by atoms with E-state index in [0.717, 1.165) is 37.4 Å². The molecule has 0 bridgehead atoms. The second kappa shape index (κ2) is 10.0. The van der Waals surface area contributed by atoms with Crippen LogP contribution in [0.25, 0.3) is 22.0 Å². The molecule has 11 heteroatoms. The van der Waals surface area contributed by atoms with Crippen LogP contribution in [0.3, 0.4) is 0 Å². The summed E-state index contributed by atoms with van der Waals surface area (Å²) in [5.74, 6) is -1.54. The molecule has 1 saturated heterocycles. The molecule has 0 spiro atoms. The van der Waals surface area contributed by atoms with Crippen LogP contribution in [0.4, 0.5) is 8.78 Å². The van der Waals surface area contributed by atoms with Gasteiger partial charge in [-0.15, -0.1) is 0 Å². The minimum atomic E-state index is -1.80. The van der Waals surface area contributed by atoms with Crippen LogP contribution in [0.5, 0.6) is 5.75 Å². The van der Waals surface area contributed by atoms with Crippen LogP contribution in [0.15, 0.2) is 48.8 Å². The number of aromatic nitrogens is 3. The van der Waals surface area contributed by atoms with Crippen LogP contribution in [0.1, 0.15) is 41.4 Å². The summed E-state index contributed by atoms with van der Waals surface area (Å²) in [6.07, 6.45) is 5.66. The zero-order chi connectivity index (χ0) is 28.2. The third-order valence-electron chi connectivity index (χ3n) is 7.68. The number of halogens is 2. The topological polar surface area (TPSA) is 63.5 Å². The van der Waals surface area contributed by atoms with Crippen molar-refractivity contribution in [1.82, 2.24) is 24.6 Å². The molecule has 2 aromatic carbocycles. The van der Waals surface area contributed by atoms with E-state index >= 15 is 8.78 Å². The number of benzene rings is 2. The maximum atomic E-state index is 15.5. The standard InChI is InChI=1S/C29H27B2F2N5O2/c1-3-4-10-37-13-18(14-37)40-25-8-7-19(21-15-36(2)35-26(21)25)17-11-23(32)22(24(33)12-17)16-38-28(39)20-6-5-9-34-27(20)29(38,30)31/h5-9,11-12,15,18H,3-4,10,13-14,16H2,1-2H3. The Balaban J connectivity index is 1.27. The molecule has 4 aromatic rings. The maximum Gasteiger partial charge on any atom is 0.255 e. The van der Waals surface area contributed by atoms with E-state index in [-0.39, 0.29) is 22.9 Å². The Morgan fingerprint density at radius 1 is 1.12 bits per heavy atom. The van der Waals surface area contributed by atoms with Crippen LogP contribution >= 0.6 is 0 Å². The molecule has 2 aliphatic heterocycles. The molecule has 0 atom stereocenters. The lowest BCUT2D eigenvalue weighted by molar-refractivity contribution is 0.0202. The quantitative estimate of drug-likeness (QED) is 0.320. The van der Waals surface area contributed by atoms with Gasteiger partial charge in [0.15, 0.2) is 0 Å². The highest BCUT2D eigenvalue weighted by molar-refractivity contribution is 6.42. The Morgan fingerprint density at radius 2 is 1.88 bits per heavy atom. The van der Waals surface area contributed by atoms with Gasteiger partial charge < -0.3 is 9.64 Å². The number of nitrogens with zero attached hydrogens (tertiary/aromatic N) is 5. The summed E-state index contributed by atoms with van der Waals surface area (Å²) in [6, 6.07) is 9.20. The first-order valence-corrected chi connectivity index (χ1v) is 13.4. The van der Waals surface area contributed by atoms with Crippen molar-refractivity contribution in [1.29, 1.82) is 0 Å². The second-order valence-corrected chi connectivity index (χ2v) is 10.6. The van der Waals surface area contributed by atoms with Gasteiger partial charge in [-0.2, -0.15) is 5.10 Å². The lowest BCUT2D eigenvalue weighted by Gasteiger charge is -2.39. The van der Waals surface area contributed by atoms with E-state index in [1.54, 1.807) is 36.1 Å². The molecule has 4 heterocycles. The number of pyridine rings is 1. The number of aryl methyl sites for hydroxylation is 1. The van der Waals surface area contributed by atoms with Gasteiger partial charge in [-0.05, 0) is 60.5 Å². The minimum Gasteiger partial charge on any atom is -0.485 e. The van der Waals surface area contributed by atoms with Crippen LogP contribution in [0, 0.1) is 11.6 Å².